The van der Waals surface area contributed by atoms with Crippen LogP contribution in [0.15, 0.2) is 18.2 Å². The Morgan fingerprint density at radius 1 is 1.33 bits per heavy atom. The van der Waals surface area contributed by atoms with Crippen molar-refractivity contribution in [2.24, 2.45) is 0 Å². The lowest BCUT2D eigenvalue weighted by Gasteiger charge is -2.42. The molecule has 1 aromatic carbocycles. The number of hydrogen-bond donors (Lipinski definition) is 2. The number of nitrogen functional groups attached to an aromatic ring is 1. The third-order valence-electron chi connectivity index (χ3n) is 4.07. The lowest BCUT2D eigenvalue weighted by Crippen LogP contribution is -2.55. The topological polar surface area (TPSA) is 84.7 Å². The number of carbonyl (C=O) groups excluding carboxylic acids is 2. The van der Waals surface area contributed by atoms with Gasteiger partial charge in [0.05, 0.1) is 18.3 Å². The van der Waals surface area contributed by atoms with Gasteiger partial charge in [0.2, 0.25) is 11.8 Å². The van der Waals surface area contributed by atoms with Crippen molar-refractivity contribution < 1.29 is 14.3 Å². The third kappa shape index (κ3) is 2.41. The van der Waals surface area contributed by atoms with Gasteiger partial charge in [-0.05, 0) is 32.0 Å². The Balaban J connectivity index is 1.85. The zero-order valence-electron chi connectivity index (χ0n) is 12.2. The van der Waals surface area contributed by atoms with Gasteiger partial charge in [0.15, 0.2) is 0 Å². The van der Waals surface area contributed by atoms with E-state index in [1.165, 1.54) is 4.90 Å². The zero-order valence-corrected chi connectivity index (χ0v) is 12.2. The summed E-state index contributed by atoms with van der Waals surface area (Å²) in [6, 6.07) is 5.22. The number of ether oxygens (including phenoxy) is 1. The maximum absolute atomic E-state index is 11.8. The highest BCUT2D eigenvalue weighted by Gasteiger charge is 2.41. The summed E-state index contributed by atoms with van der Waals surface area (Å²) < 4.78 is 6.00. The predicted molar refractivity (Wildman–Crippen MR) is 78.9 cm³/mol. The minimum absolute atomic E-state index is 0.115. The average Bonchev–Trinajstić information content (AvgIpc) is 2.71. The second-order valence-electron chi connectivity index (χ2n) is 6.06. The number of imide groups is 1. The first kappa shape index (κ1) is 13.7. The number of benzene rings is 1. The van der Waals surface area contributed by atoms with Crippen molar-refractivity contribution in [2.45, 2.75) is 38.3 Å². The van der Waals surface area contributed by atoms with Crippen LogP contribution in [0.25, 0.3) is 0 Å². The first-order chi connectivity index (χ1) is 9.87. The molecule has 0 aliphatic carbocycles. The van der Waals surface area contributed by atoms with Gasteiger partial charge in [-0.3, -0.25) is 14.5 Å². The molecule has 1 unspecified atom stereocenters. The Kier molecular flexibility index (Phi) is 3.04. The van der Waals surface area contributed by atoms with Crippen molar-refractivity contribution in [2.75, 3.05) is 17.6 Å². The molecule has 0 bridgehead atoms. The van der Waals surface area contributed by atoms with Gasteiger partial charge < -0.3 is 15.8 Å². The highest BCUT2D eigenvalue weighted by molar-refractivity contribution is 6.02. The molecule has 6 nitrogen and oxygen atoms in total. The van der Waals surface area contributed by atoms with Crippen molar-refractivity contribution in [3.05, 3.63) is 18.2 Å². The van der Waals surface area contributed by atoms with Crippen LogP contribution in [0, 0.1) is 0 Å². The second-order valence-corrected chi connectivity index (χ2v) is 6.06. The summed E-state index contributed by atoms with van der Waals surface area (Å²) in [6.45, 7) is 4.18. The fourth-order valence-electron chi connectivity index (χ4n) is 2.74. The quantitative estimate of drug-likeness (QED) is 0.634. The van der Waals surface area contributed by atoms with Crippen LogP contribution in [-0.4, -0.2) is 34.9 Å². The summed E-state index contributed by atoms with van der Waals surface area (Å²) in [6.07, 6.45) is 0.604. The highest BCUT2D eigenvalue weighted by Crippen LogP contribution is 2.37. The zero-order chi connectivity index (χ0) is 15.2. The standard InChI is InChI=1S/C15H19N3O3/c1-15(2)12(8-18-13(19)5-6-14(18)20)17-10-7-9(16)3-4-11(10)21-15/h3-4,7,12,17H,5-6,8,16H2,1-2H3. The van der Waals surface area contributed by atoms with Crippen LogP contribution in [0.3, 0.4) is 0 Å². The number of carbonyl (C=O) groups is 2. The Hall–Kier alpha value is -2.24. The fourth-order valence-corrected chi connectivity index (χ4v) is 2.74. The molecule has 0 aromatic heterocycles. The van der Waals surface area contributed by atoms with Crippen LogP contribution in [-0.2, 0) is 9.59 Å². The highest BCUT2D eigenvalue weighted by atomic mass is 16.5. The van der Waals surface area contributed by atoms with Crippen LogP contribution >= 0.6 is 0 Å². The number of rotatable bonds is 2. The number of amides is 2. The van der Waals surface area contributed by atoms with Crippen molar-refractivity contribution in [1.29, 1.82) is 0 Å². The molecule has 0 spiro atoms. The molecule has 1 aromatic rings. The monoisotopic (exact) mass is 289 g/mol. The first-order valence-corrected chi connectivity index (χ1v) is 7.05. The molecular formula is C15H19N3O3. The largest absolute Gasteiger partial charge is 0.483 e. The van der Waals surface area contributed by atoms with Crippen LogP contribution in [0.4, 0.5) is 11.4 Å². The molecule has 6 heteroatoms. The van der Waals surface area contributed by atoms with Gasteiger partial charge >= 0.3 is 0 Å². The Bertz CT molecular complexity index is 596. The average molecular weight is 289 g/mol. The molecule has 2 heterocycles. The van der Waals surface area contributed by atoms with Crippen LogP contribution < -0.4 is 15.8 Å². The SMILES string of the molecule is CC1(C)Oc2ccc(N)cc2NC1CN1C(=O)CCC1=O. The Morgan fingerprint density at radius 3 is 2.67 bits per heavy atom. The molecule has 3 N–H and O–H groups in total. The molecule has 0 saturated carbocycles. The fraction of sp³-hybridized carbons (Fsp3) is 0.467. The number of fused-ring (bicyclic) bond motifs is 1. The maximum atomic E-state index is 11.8. The van der Waals surface area contributed by atoms with E-state index in [1.807, 2.05) is 19.9 Å². The summed E-state index contributed by atoms with van der Waals surface area (Å²) >= 11 is 0. The lowest BCUT2D eigenvalue weighted by atomic mass is 9.95. The molecule has 1 fully saturated rings. The number of likely N-dealkylation sites (tertiary alicyclic amines) is 1. The normalized spacial score (nSPS) is 23.5. The van der Waals surface area contributed by atoms with E-state index >= 15 is 0 Å². The summed E-state index contributed by atoms with van der Waals surface area (Å²) in [5.74, 6) is 0.497. The number of hydrogen-bond acceptors (Lipinski definition) is 5. The van der Waals surface area contributed by atoms with E-state index in [0.29, 0.717) is 25.1 Å². The minimum atomic E-state index is -0.535. The molecule has 3 rings (SSSR count). The lowest BCUT2D eigenvalue weighted by molar-refractivity contribution is -0.139. The Morgan fingerprint density at radius 2 is 2.00 bits per heavy atom. The van der Waals surface area contributed by atoms with Gasteiger partial charge in [-0.1, -0.05) is 0 Å². The smallest absolute Gasteiger partial charge is 0.229 e. The third-order valence-corrected chi connectivity index (χ3v) is 4.07. The van der Waals surface area contributed by atoms with E-state index in [0.717, 1.165) is 11.4 Å². The van der Waals surface area contributed by atoms with E-state index in [1.54, 1.807) is 12.1 Å². The number of anilines is 2. The summed E-state index contributed by atoms with van der Waals surface area (Å²) in [5, 5.41) is 3.34. The Labute approximate surface area is 123 Å². The van der Waals surface area contributed by atoms with Crippen LogP contribution in [0.2, 0.25) is 0 Å². The number of nitrogens with one attached hydrogen (secondary N) is 1. The predicted octanol–water partition coefficient (Wildman–Crippen LogP) is 1.37. The van der Waals surface area contributed by atoms with Gasteiger partial charge in [0.1, 0.15) is 11.4 Å². The van der Waals surface area contributed by atoms with E-state index in [-0.39, 0.29) is 17.9 Å². The van der Waals surface area contributed by atoms with Crippen molar-refractivity contribution in [3.63, 3.8) is 0 Å². The van der Waals surface area contributed by atoms with Gasteiger partial charge in [0.25, 0.3) is 0 Å². The molecular weight excluding hydrogens is 270 g/mol. The molecule has 1 saturated heterocycles. The molecule has 2 aliphatic heterocycles. The van der Waals surface area contributed by atoms with Crippen molar-refractivity contribution in [3.8, 4) is 5.75 Å². The summed E-state index contributed by atoms with van der Waals surface area (Å²) in [4.78, 5) is 24.9. The van der Waals surface area contributed by atoms with Crippen LogP contribution in [0.5, 0.6) is 5.75 Å². The molecule has 2 amide bonds. The summed E-state index contributed by atoms with van der Waals surface area (Å²) in [7, 11) is 0. The van der Waals surface area contributed by atoms with E-state index in [2.05, 4.69) is 5.32 Å². The van der Waals surface area contributed by atoms with E-state index < -0.39 is 5.60 Å². The second kappa shape index (κ2) is 4.65. The van der Waals surface area contributed by atoms with Crippen LogP contribution in [0.1, 0.15) is 26.7 Å². The number of nitrogens with zero attached hydrogens (tertiary/aromatic N) is 1. The summed E-state index contributed by atoms with van der Waals surface area (Å²) in [5.41, 5.74) is 6.68. The maximum Gasteiger partial charge on any atom is 0.229 e. The van der Waals surface area contributed by atoms with E-state index in [9.17, 15) is 9.59 Å². The molecule has 21 heavy (non-hydrogen) atoms. The number of nitrogens with two attached hydrogens (primary N) is 1. The van der Waals surface area contributed by atoms with Crippen molar-refractivity contribution >= 4 is 23.2 Å². The molecule has 0 radical (unpaired) electrons. The van der Waals surface area contributed by atoms with Crippen molar-refractivity contribution in [1.82, 2.24) is 4.90 Å². The first-order valence-electron chi connectivity index (χ1n) is 7.05. The van der Waals surface area contributed by atoms with Gasteiger partial charge in [-0.15, -0.1) is 0 Å². The molecule has 1 atom stereocenters. The van der Waals surface area contributed by atoms with E-state index in [4.69, 9.17) is 10.5 Å². The molecule has 2 aliphatic rings. The van der Waals surface area contributed by atoms with Gasteiger partial charge in [-0.2, -0.15) is 0 Å². The van der Waals surface area contributed by atoms with Gasteiger partial charge in [-0.25, -0.2) is 0 Å². The minimum Gasteiger partial charge on any atom is -0.483 e. The molecule has 112 valence electrons. The van der Waals surface area contributed by atoms with Gasteiger partial charge in [0, 0.05) is 18.5 Å².